The van der Waals surface area contributed by atoms with Crippen LogP contribution in [0.5, 0.6) is 0 Å². The van der Waals surface area contributed by atoms with Crippen molar-refractivity contribution in [1.82, 2.24) is 0 Å². The second-order valence-corrected chi connectivity index (χ2v) is 5.95. The Morgan fingerprint density at radius 3 is 2.13 bits per heavy atom. The lowest BCUT2D eigenvalue weighted by molar-refractivity contribution is -0.116. The van der Waals surface area contributed by atoms with Crippen LogP contribution in [0, 0.1) is 0 Å². The van der Waals surface area contributed by atoms with E-state index >= 15 is 0 Å². The highest BCUT2D eigenvalue weighted by atomic mass is 79.9. The highest BCUT2D eigenvalue weighted by molar-refractivity contribution is 9.10. The molecule has 0 atom stereocenters. The molecule has 5 nitrogen and oxygen atoms in total. The molecule has 2 N–H and O–H groups in total. The molecule has 0 saturated carbocycles. The largest absolute Gasteiger partial charge is 0.376 e. The van der Waals surface area contributed by atoms with E-state index in [1.165, 1.54) is 6.92 Å². The summed E-state index contributed by atoms with van der Waals surface area (Å²) in [6, 6.07) is 14.7. The van der Waals surface area contributed by atoms with Gasteiger partial charge in [0, 0.05) is 35.5 Å². The Morgan fingerprint density at radius 2 is 1.57 bits per heavy atom. The van der Waals surface area contributed by atoms with Crippen molar-refractivity contribution < 1.29 is 9.59 Å². The number of halogens is 1. The maximum absolute atomic E-state index is 11.9. The number of nitrogens with one attached hydrogen (secondary N) is 2. The van der Waals surface area contributed by atoms with Crippen molar-refractivity contribution >= 4 is 44.8 Å². The van der Waals surface area contributed by atoms with E-state index in [4.69, 9.17) is 0 Å². The maximum atomic E-state index is 11.9. The molecule has 2 rings (SSSR count). The van der Waals surface area contributed by atoms with Gasteiger partial charge in [0.05, 0.1) is 6.54 Å². The summed E-state index contributed by atoms with van der Waals surface area (Å²) in [5.74, 6) is -0.156. The average molecular weight is 376 g/mol. The van der Waals surface area contributed by atoms with Crippen molar-refractivity contribution in [1.29, 1.82) is 0 Å². The zero-order chi connectivity index (χ0) is 16.8. The van der Waals surface area contributed by atoms with Crippen LogP contribution in [0.1, 0.15) is 6.92 Å². The van der Waals surface area contributed by atoms with E-state index in [0.29, 0.717) is 0 Å². The van der Waals surface area contributed by atoms with E-state index in [2.05, 4.69) is 26.6 Å². The van der Waals surface area contributed by atoms with Crippen LogP contribution in [0.3, 0.4) is 0 Å². The van der Waals surface area contributed by atoms with E-state index in [9.17, 15) is 9.59 Å². The summed E-state index contributed by atoms with van der Waals surface area (Å²) in [6.07, 6.45) is 0. The maximum Gasteiger partial charge on any atom is 0.243 e. The number of carbonyl (C=O) groups excluding carboxylic acids is 2. The van der Waals surface area contributed by atoms with Gasteiger partial charge in [-0.3, -0.25) is 9.59 Å². The topological polar surface area (TPSA) is 61.4 Å². The molecule has 2 aromatic carbocycles. The third-order valence-corrected chi connectivity index (χ3v) is 3.84. The monoisotopic (exact) mass is 375 g/mol. The Labute approximate surface area is 143 Å². The van der Waals surface area contributed by atoms with Crippen molar-refractivity contribution in [2.24, 2.45) is 0 Å². The first-order chi connectivity index (χ1) is 11.0. The second kappa shape index (κ2) is 7.78. The molecular formula is C17H18BrN3O2. The molecule has 2 aromatic rings. The standard InChI is InChI=1S/C17H18BrN3O2/c1-12(22)21(2)16-9-7-14(8-10-16)19-11-17(23)20-15-5-3-13(18)4-6-15/h3-10,19H,11H2,1-2H3,(H,20,23). The van der Waals surface area contributed by atoms with E-state index < -0.39 is 0 Å². The van der Waals surface area contributed by atoms with Gasteiger partial charge in [-0.2, -0.15) is 0 Å². The van der Waals surface area contributed by atoms with Crippen LogP contribution >= 0.6 is 15.9 Å². The number of rotatable bonds is 5. The number of hydrogen-bond donors (Lipinski definition) is 2. The quantitative estimate of drug-likeness (QED) is 0.840. The SMILES string of the molecule is CC(=O)N(C)c1ccc(NCC(=O)Nc2ccc(Br)cc2)cc1. The lowest BCUT2D eigenvalue weighted by atomic mass is 10.2. The van der Waals surface area contributed by atoms with Crippen molar-refractivity contribution in [2.75, 3.05) is 29.1 Å². The van der Waals surface area contributed by atoms with Crippen LogP contribution in [0.4, 0.5) is 17.1 Å². The van der Waals surface area contributed by atoms with Gasteiger partial charge in [0.2, 0.25) is 11.8 Å². The highest BCUT2D eigenvalue weighted by Crippen LogP contribution is 2.17. The Hall–Kier alpha value is -2.34. The summed E-state index contributed by atoms with van der Waals surface area (Å²) >= 11 is 3.35. The molecule has 0 aliphatic heterocycles. The number of benzene rings is 2. The number of anilines is 3. The molecule has 0 spiro atoms. The zero-order valence-corrected chi connectivity index (χ0v) is 14.6. The summed E-state index contributed by atoms with van der Waals surface area (Å²) < 4.78 is 0.962. The van der Waals surface area contributed by atoms with E-state index in [-0.39, 0.29) is 18.4 Å². The molecule has 2 amide bonds. The predicted molar refractivity (Wildman–Crippen MR) is 96.8 cm³/mol. The Balaban J connectivity index is 1.86. The number of hydrogen-bond acceptors (Lipinski definition) is 3. The van der Waals surface area contributed by atoms with Gasteiger partial charge < -0.3 is 15.5 Å². The lowest BCUT2D eigenvalue weighted by Crippen LogP contribution is -2.23. The molecule has 23 heavy (non-hydrogen) atoms. The molecule has 0 aliphatic rings. The fourth-order valence-electron chi connectivity index (χ4n) is 1.91. The lowest BCUT2D eigenvalue weighted by Gasteiger charge is -2.15. The molecule has 0 saturated heterocycles. The van der Waals surface area contributed by atoms with E-state index in [1.807, 2.05) is 48.5 Å². The van der Waals surface area contributed by atoms with Crippen LogP contribution in [0.15, 0.2) is 53.0 Å². The molecule has 0 heterocycles. The minimum Gasteiger partial charge on any atom is -0.376 e. The zero-order valence-electron chi connectivity index (χ0n) is 13.0. The predicted octanol–water partition coefficient (Wildman–Crippen LogP) is 3.48. The first kappa shape index (κ1) is 17.0. The van der Waals surface area contributed by atoms with Gasteiger partial charge in [0.15, 0.2) is 0 Å². The van der Waals surface area contributed by atoms with Gasteiger partial charge in [-0.05, 0) is 48.5 Å². The number of amides is 2. The fourth-order valence-corrected chi connectivity index (χ4v) is 2.17. The molecule has 6 heteroatoms. The molecule has 0 aliphatic carbocycles. The Bertz CT molecular complexity index is 684. The van der Waals surface area contributed by atoms with Crippen LogP contribution in [0.2, 0.25) is 0 Å². The number of nitrogens with zero attached hydrogens (tertiary/aromatic N) is 1. The normalized spacial score (nSPS) is 10.0. The van der Waals surface area contributed by atoms with Crippen molar-refractivity contribution in [3.63, 3.8) is 0 Å². The average Bonchev–Trinajstić information content (AvgIpc) is 2.55. The molecule has 120 valence electrons. The van der Waals surface area contributed by atoms with Crippen molar-refractivity contribution in [2.45, 2.75) is 6.92 Å². The van der Waals surface area contributed by atoms with Gasteiger partial charge >= 0.3 is 0 Å². The van der Waals surface area contributed by atoms with E-state index in [1.54, 1.807) is 11.9 Å². The molecule has 0 unspecified atom stereocenters. The molecule has 0 bridgehead atoms. The first-order valence-corrected chi connectivity index (χ1v) is 7.88. The summed E-state index contributed by atoms with van der Waals surface area (Å²) in [5, 5.41) is 5.86. The van der Waals surface area contributed by atoms with Gasteiger partial charge in [-0.1, -0.05) is 15.9 Å². The first-order valence-electron chi connectivity index (χ1n) is 7.09. The molecule has 0 radical (unpaired) electrons. The van der Waals surface area contributed by atoms with Crippen molar-refractivity contribution in [3.8, 4) is 0 Å². The fraction of sp³-hybridized carbons (Fsp3) is 0.176. The molecule has 0 aromatic heterocycles. The summed E-state index contributed by atoms with van der Waals surface area (Å²) in [6.45, 7) is 1.68. The van der Waals surface area contributed by atoms with Crippen LogP contribution in [-0.2, 0) is 9.59 Å². The van der Waals surface area contributed by atoms with Gasteiger partial charge in [0.1, 0.15) is 0 Å². The second-order valence-electron chi connectivity index (χ2n) is 5.03. The highest BCUT2D eigenvalue weighted by Gasteiger charge is 2.06. The summed E-state index contributed by atoms with van der Waals surface area (Å²) in [5.41, 5.74) is 2.37. The minimum absolute atomic E-state index is 0.0282. The van der Waals surface area contributed by atoms with Crippen LogP contribution in [-0.4, -0.2) is 25.4 Å². The minimum atomic E-state index is -0.128. The molecule has 0 fully saturated rings. The third kappa shape index (κ3) is 5.10. The Kier molecular flexibility index (Phi) is 5.76. The Morgan fingerprint density at radius 1 is 1.00 bits per heavy atom. The smallest absolute Gasteiger partial charge is 0.243 e. The van der Waals surface area contributed by atoms with Gasteiger partial charge in [-0.25, -0.2) is 0 Å². The van der Waals surface area contributed by atoms with Crippen molar-refractivity contribution in [3.05, 3.63) is 53.0 Å². The number of carbonyl (C=O) groups is 2. The van der Waals surface area contributed by atoms with Crippen LogP contribution in [0.25, 0.3) is 0 Å². The summed E-state index contributed by atoms with van der Waals surface area (Å²) in [7, 11) is 1.72. The van der Waals surface area contributed by atoms with Crippen LogP contribution < -0.4 is 15.5 Å². The van der Waals surface area contributed by atoms with E-state index in [0.717, 1.165) is 21.5 Å². The molecular weight excluding hydrogens is 358 g/mol. The third-order valence-electron chi connectivity index (χ3n) is 3.31. The van der Waals surface area contributed by atoms with Gasteiger partial charge in [0.25, 0.3) is 0 Å². The van der Waals surface area contributed by atoms with Gasteiger partial charge in [-0.15, -0.1) is 0 Å². The summed E-state index contributed by atoms with van der Waals surface area (Å²) in [4.78, 5) is 24.7.